The molecule has 1 unspecified atom stereocenters. The summed E-state index contributed by atoms with van der Waals surface area (Å²) in [5, 5.41) is 5.64. The second-order valence-corrected chi connectivity index (χ2v) is 6.91. The number of hydrogen-bond acceptors (Lipinski definition) is 3. The molecule has 0 amide bonds. The maximum Gasteiger partial charge on any atom is 0.193 e. The maximum absolute atomic E-state index is 4.69. The van der Waals surface area contributed by atoms with E-state index in [4.69, 9.17) is 0 Å². The minimum absolute atomic E-state index is 0.411. The minimum atomic E-state index is 0.411. The number of imidazole rings is 1. The SMILES string of the molecule is CCNC(Cc1cccc(Br)c1)Cc1cn2ccsc2n1. The number of rotatable bonds is 6. The van der Waals surface area contributed by atoms with Crippen LogP contribution in [0.1, 0.15) is 18.2 Å². The Hall–Kier alpha value is -1.17. The van der Waals surface area contributed by atoms with E-state index in [9.17, 15) is 0 Å². The lowest BCUT2D eigenvalue weighted by Crippen LogP contribution is -2.33. The van der Waals surface area contributed by atoms with Crippen molar-refractivity contribution in [1.29, 1.82) is 0 Å². The molecule has 0 spiro atoms. The van der Waals surface area contributed by atoms with E-state index >= 15 is 0 Å². The second kappa shape index (κ2) is 6.73. The molecule has 1 aromatic carbocycles. The Labute approximate surface area is 137 Å². The third-order valence-corrected chi connectivity index (χ3v) is 4.73. The molecule has 0 saturated heterocycles. The molecule has 2 aromatic heterocycles. The van der Waals surface area contributed by atoms with Gasteiger partial charge in [0.2, 0.25) is 0 Å². The zero-order chi connectivity index (χ0) is 14.7. The van der Waals surface area contributed by atoms with Crippen LogP contribution in [0.3, 0.4) is 0 Å². The highest BCUT2D eigenvalue weighted by molar-refractivity contribution is 9.10. The molecule has 110 valence electrons. The fraction of sp³-hybridized carbons (Fsp3) is 0.312. The highest BCUT2D eigenvalue weighted by Gasteiger charge is 2.12. The van der Waals surface area contributed by atoms with Crippen LogP contribution in [-0.2, 0) is 12.8 Å². The van der Waals surface area contributed by atoms with Gasteiger partial charge in [-0.05, 0) is 30.7 Å². The number of hydrogen-bond donors (Lipinski definition) is 1. The van der Waals surface area contributed by atoms with Gasteiger partial charge in [0.05, 0.1) is 5.69 Å². The average molecular weight is 364 g/mol. The number of likely N-dealkylation sites (N-methyl/N-ethyl adjacent to an activating group) is 1. The van der Waals surface area contributed by atoms with Crippen molar-refractivity contribution in [3.63, 3.8) is 0 Å². The van der Waals surface area contributed by atoms with E-state index in [0.717, 1.165) is 34.5 Å². The smallest absolute Gasteiger partial charge is 0.193 e. The van der Waals surface area contributed by atoms with E-state index in [1.165, 1.54) is 5.56 Å². The topological polar surface area (TPSA) is 29.3 Å². The molecule has 5 heteroatoms. The Balaban J connectivity index is 1.73. The molecule has 0 bridgehead atoms. The Morgan fingerprint density at radius 1 is 1.38 bits per heavy atom. The van der Waals surface area contributed by atoms with Gasteiger partial charge < -0.3 is 5.32 Å². The van der Waals surface area contributed by atoms with Gasteiger partial charge in [0.15, 0.2) is 4.96 Å². The molecule has 0 fully saturated rings. The third kappa shape index (κ3) is 3.73. The summed E-state index contributed by atoms with van der Waals surface area (Å²) in [6.07, 6.45) is 6.16. The van der Waals surface area contributed by atoms with Gasteiger partial charge in [-0.25, -0.2) is 4.98 Å². The Morgan fingerprint density at radius 3 is 3.05 bits per heavy atom. The molecule has 1 atom stereocenters. The highest BCUT2D eigenvalue weighted by atomic mass is 79.9. The maximum atomic E-state index is 4.69. The predicted molar refractivity (Wildman–Crippen MR) is 92.1 cm³/mol. The van der Waals surface area contributed by atoms with E-state index in [0.29, 0.717) is 6.04 Å². The van der Waals surface area contributed by atoms with Crippen LogP contribution >= 0.6 is 27.3 Å². The van der Waals surface area contributed by atoms with Crippen molar-refractivity contribution in [1.82, 2.24) is 14.7 Å². The van der Waals surface area contributed by atoms with Gasteiger partial charge in [0.1, 0.15) is 0 Å². The standard InChI is InChI=1S/C16H18BrN3S/c1-2-18-14(9-12-4-3-5-13(17)8-12)10-15-11-20-6-7-21-16(20)19-15/h3-8,11,14,18H,2,9-10H2,1H3. The summed E-state index contributed by atoms with van der Waals surface area (Å²) in [4.78, 5) is 5.76. The van der Waals surface area contributed by atoms with Crippen LogP contribution in [0, 0.1) is 0 Å². The summed E-state index contributed by atoms with van der Waals surface area (Å²) >= 11 is 5.22. The van der Waals surface area contributed by atoms with E-state index in [2.05, 4.69) is 79.6 Å². The molecule has 3 nitrogen and oxygen atoms in total. The molecule has 3 rings (SSSR count). The molecule has 1 N–H and O–H groups in total. The van der Waals surface area contributed by atoms with Crippen LogP contribution in [0.25, 0.3) is 4.96 Å². The van der Waals surface area contributed by atoms with Gasteiger partial charge in [-0.15, -0.1) is 11.3 Å². The number of aromatic nitrogens is 2. The van der Waals surface area contributed by atoms with Crippen LogP contribution < -0.4 is 5.32 Å². The molecular weight excluding hydrogens is 346 g/mol. The molecule has 2 heterocycles. The lowest BCUT2D eigenvalue weighted by molar-refractivity contribution is 0.517. The fourth-order valence-corrected chi connectivity index (χ4v) is 3.75. The largest absolute Gasteiger partial charge is 0.314 e. The van der Waals surface area contributed by atoms with Crippen molar-refractivity contribution in [2.75, 3.05) is 6.54 Å². The molecular formula is C16H18BrN3S. The van der Waals surface area contributed by atoms with Crippen molar-refractivity contribution in [3.05, 3.63) is 57.8 Å². The van der Waals surface area contributed by atoms with Crippen LogP contribution in [-0.4, -0.2) is 22.0 Å². The van der Waals surface area contributed by atoms with E-state index < -0.39 is 0 Å². The van der Waals surface area contributed by atoms with Gasteiger partial charge in [-0.1, -0.05) is 35.0 Å². The summed E-state index contributed by atoms with van der Waals surface area (Å²) < 4.78 is 3.24. The summed E-state index contributed by atoms with van der Waals surface area (Å²) in [6.45, 7) is 3.13. The number of nitrogens with one attached hydrogen (secondary N) is 1. The van der Waals surface area contributed by atoms with Crippen molar-refractivity contribution in [2.24, 2.45) is 0 Å². The van der Waals surface area contributed by atoms with Crippen LogP contribution in [0.2, 0.25) is 0 Å². The first-order valence-electron chi connectivity index (χ1n) is 7.13. The first-order valence-corrected chi connectivity index (χ1v) is 8.80. The van der Waals surface area contributed by atoms with Gasteiger partial charge >= 0.3 is 0 Å². The van der Waals surface area contributed by atoms with Crippen LogP contribution in [0.15, 0.2) is 46.5 Å². The number of nitrogens with zero attached hydrogens (tertiary/aromatic N) is 2. The number of thiazole rings is 1. The van der Waals surface area contributed by atoms with Crippen molar-refractivity contribution in [3.8, 4) is 0 Å². The molecule has 0 aliphatic carbocycles. The van der Waals surface area contributed by atoms with Crippen LogP contribution in [0.5, 0.6) is 0 Å². The molecule has 0 radical (unpaired) electrons. The van der Waals surface area contributed by atoms with E-state index in [1.807, 2.05) is 0 Å². The quantitative estimate of drug-likeness (QED) is 0.718. The second-order valence-electron chi connectivity index (χ2n) is 5.12. The molecule has 3 aromatic rings. The van der Waals surface area contributed by atoms with E-state index in [-0.39, 0.29) is 0 Å². The Morgan fingerprint density at radius 2 is 2.29 bits per heavy atom. The lowest BCUT2D eigenvalue weighted by atomic mass is 10.0. The zero-order valence-electron chi connectivity index (χ0n) is 11.9. The predicted octanol–water partition coefficient (Wildman–Crippen LogP) is 3.92. The minimum Gasteiger partial charge on any atom is -0.314 e. The zero-order valence-corrected chi connectivity index (χ0v) is 14.3. The summed E-state index contributed by atoms with van der Waals surface area (Å²) in [5.74, 6) is 0. The first kappa shape index (κ1) is 14.8. The average Bonchev–Trinajstić information content (AvgIpc) is 3.00. The van der Waals surface area contributed by atoms with Gasteiger partial charge in [-0.3, -0.25) is 4.40 Å². The van der Waals surface area contributed by atoms with Gasteiger partial charge in [0, 0.05) is 34.7 Å². The van der Waals surface area contributed by atoms with Crippen LogP contribution in [0.4, 0.5) is 0 Å². The van der Waals surface area contributed by atoms with Crippen molar-refractivity contribution in [2.45, 2.75) is 25.8 Å². The van der Waals surface area contributed by atoms with Crippen molar-refractivity contribution < 1.29 is 0 Å². The molecule has 0 saturated carbocycles. The summed E-state index contributed by atoms with van der Waals surface area (Å²) in [7, 11) is 0. The highest BCUT2D eigenvalue weighted by Crippen LogP contribution is 2.16. The third-order valence-electron chi connectivity index (χ3n) is 3.46. The Kier molecular flexibility index (Phi) is 4.73. The lowest BCUT2D eigenvalue weighted by Gasteiger charge is -2.17. The number of benzene rings is 1. The first-order chi connectivity index (χ1) is 10.2. The Bertz CT molecular complexity index is 690. The molecule has 21 heavy (non-hydrogen) atoms. The van der Waals surface area contributed by atoms with Gasteiger partial charge in [-0.2, -0.15) is 0 Å². The monoisotopic (exact) mass is 363 g/mol. The van der Waals surface area contributed by atoms with Crippen molar-refractivity contribution >= 4 is 32.2 Å². The summed E-state index contributed by atoms with van der Waals surface area (Å²) in [5.41, 5.74) is 2.50. The normalized spacial score (nSPS) is 12.9. The summed E-state index contributed by atoms with van der Waals surface area (Å²) in [6, 6.07) is 8.94. The van der Waals surface area contributed by atoms with Gasteiger partial charge in [0.25, 0.3) is 0 Å². The molecule has 0 aliphatic rings. The molecule has 0 aliphatic heterocycles. The van der Waals surface area contributed by atoms with E-state index in [1.54, 1.807) is 11.3 Å². The number of fused-ring (bicyclic) bond motifs is 1. The number of halogens is 1. The fourth-order valence-electron chi connectivity index (χ4n) is 2.58.